The standard InChI is InChI=1S/C14H12ClF2NO/c1-8(9-2-4-12(16)13(17)6-9)18-10-3-5-14(19)11(15)7-10/h2-8,18-19H,1H3. The van der Waals surface area contributed by atoms with Crippen molar-refractivity contribution in [3.05, 3.63) is 58.6 Å². The Morgan fingerprint density at radius 1 is 1.11 bits per heavy atom. The first-order valence-electron chi connectivity index (χ1n) is 5.67. The molecular formula is C14H12ClF2NO. The van der Waals surface area contributed by atoms with Crippen molar-refractivity contribution in [1.29, 1.82) is 0 Å². The van der Waals surface area contributed by atoms with Gasteiger partial charge in [0.05, 0.1) is 5.02 Å². The fourth-order valence-corrected chi connectivity index (χ4v) is 1.89. The molecule has 2 aromatic carbocycles. The zero-order valence-electron chi connectivity index (χ0n) is 10.1. The lowest BCUT2D eigenvalue weighted by molar-refractivity contribution is 0.475. The van der Waals surface area contributed by atoms with Crippen LogP contribution in [-0.4, -0.2) is 5.11 Å². The van der Waals surface area contributed by atoms with Crippen LogP contribution < -0.4 is 5.32 Å². The molecular weight excluding hydrogens is 272 g/mol. The van der Waals surface area contributed by atoms with Gasteiger partial charge in [-0.2, -0.15) is 0 Å². The van der Waals surface area contributed by atoms with Crippen molar-refractivity contribution in [3.8, 4) is 5.75 Å². The fourth-order valence-electron chi connectivity index (χ4n) is 1.71. The molecule has 0 saturated heterocycles. The van der Waals surface area contributed by atoms with Crippen molar-refractivity contribution in [1.82, 2.24) is 0 Å². The van der Waals surface area contributed by atoms with E-state index in [9.17, 15) is 13.9 Å². The SMILES string of the molecule is CC(Nc1ccc(O)c(Cl)c1)c1ccc(F)c(F)c1. The highest BCUT2D eigenvalue weighted by molar-refractivity contribution is 6.32. The van der Waals surface area contributed by atoms with E-state index in [1.807, 2.05) is 6.92 Å². The van der Waals surface area contributed by atoms with E-state index < -0.39 is 11.6 Å². The molecule has 2 N–H and O–H groups in total. The summed E-state index contributed by atoms with van der Waals surface area (Å²) in [5, 5.41) is 12.6. The minimum Gasteiger partial charge on any atom is -0.506 e. The molecule has 2 nitrogen and oxygen atoms in total. The third kappa shape index (κ3) is 3.15. The summed E-state index contributed by atoms with van der Waals surface area (Å²) in [6, 6.07) is 8.20. The summed E-state index contributed by atoms with van der Waals surface area (Å²) in [6.07, 6.45) is 0. The Kier molecular flexibility index (Phi) is 3.90. The van der Waals surface area contributed by atoms with Crippen molar-refractivity contribution in [2.45, 2.75) is 13.0 Å². The molecule has 5 heteroatoms. The Morgan fingerprint density at radius 3 is 2.47 bits per heavy atom. The summed E-state index contributed by atoms with van der Waals surface area (Å²) in [5.74, 6) is -1.76. The van der Waals surface area contributed by atoms with Gasteiger partial charge in [-0.3, -0.25) is 0 Å². The first kappa shape index (κ1) is 13.6. The summed E-state index contributed by atoms with van der Waals surface area (Å²) in [4.78, 5) is 0. The van der Waals surface area contributed by atoms with Crippen LogP contribution in [0.2, 0.25) is 5.02 Å². The highest BCUT2D eigenvalue weighted by Gasteiger charge is 2.10. The Balaban J connectivity index is 2.17. The number of nitrogens with one attached hydrogen (secondary N) is 1. The molecule has 0 saturated carbocycles. The third-order valence-electron chi connectivity index (χ3n) is 2.77. The molecule has 100 valence electrons. The van der Waals surface area contributed by atoms with Gasteiger partial charge in [-0.15, -0.1) is 0 Å². The predicted octanol–water partition coefficient (Wildman–Crippen LogP) is 4.50. The van der Waals surface area contributed by atoms with Gasteiger partial charge in [0.25, 0.3) is 0 Å². The zero-order chi connectivity index (χ0) is 14.0. The lowest BCUT2D eigenvalue weighted by Crippen LogP contribution is -2.07. The van der Waals surface area contributed by atoms with Crippen LogP contribution in [0, 0.1) is 11.6 Å². The predicted molar refractivity (Wildman–Crippen MR) is 71.5 cm³/mol. The van der Waals surface area contributed by atoms with Crippen molar-refractivity contribution >= 4 is 17.3 Å². The monoisotopic (exact) mass is 283 g/mol. The molecule has 0 aliphatic rings. The summed E-state index contributed by atoms with van der Waals surface area (Å²) in [5.41, 5.74) is 1.29. The number of hydrogen-bond acceptors (Lipinski definition) is 2. The molecule has 0 aliphatic carbocycles. The number of hydrogen-bond donors (Lipinski definition) is 2. The number of phenolic OH excluding ortho intramolecular Hbond substituents is 1. The van der Waals surface area contributed by atoms with Crippen LogP contribution in [-0.2, 0) is 0 Å². The number of benzene rings is 2. The second kappa shape index (κ2) is 5.45. The Hall–Kier alpha value is -1.81. The highest BCUT2D eigenvalue weighted by atomic mass is 35.5. The van der Waals surface area contributed by atoms with Gasteiger partial charge in [-0.1, -0.05) is 17.7 Å². The van der Waals surface area contributed by atoms with Gasteiger partial charge in [0.2, 0.25) is 0 Å². The van der Waals surface area contributed by atoms with Crippen LogP contribution in [0.15, 0.2) is 36.4 Å². The molecule has 0 radical (unpaired) electrons. The first-order valence-corrected chi connectivity index (χ1v) is 6.05. The molecule has 0 aromatic heterocycles. The van der Waals surface area contributed by atoms with E-state index in [-0.39, 0.29) is 16.8 Å². The molecule has 0 amide bonds. The minimum absolute atomic E-state index is 0.00676. The lowest BCUT2D eigenvalue weighted by atomic mass is 10.1. The topological polar surface area (TPSA) is 32.3 Å². The van der Waals surface area contributed by atoms with E-state index in [1.165, 1.54) is 12.1 Å². The summed E-state index contributed by atoms with van der Waals surface area (Å²) in [7, 11) is 0. The van der Waals surface area contributed by atoms with Gasteiger partial charge in [-0.25, -0.2) is 8.78 Å². The lowest BCUT2D eigenvalue weighted by Gasteiger charge is -2.16. The molecule has 0 aliphatic heterocycles. The van der Waals surface area contributed by atoms with Crippen LogP contribution in [0.1, 0.15) is 18.5 Å². The number of aromatic hydroxyl groups is 1. The van der Waals surface area contributed by atoms with Gasteiger partial charge in [-0.05, 0) is 42.8 Å². The van der Waals surface area contributed by atoms with Gasteiger partial charge in [0.1, 0.15) is 5.75 Å². The van der Waals surface area contributed by atoms with Gasteiger partial charge in [0.15, 0.2) is 11.6 Å². The quantitative estimate of drug-likeness (QED) is 0.813. The number of halogens is 3. The highest BCUT2D eigenvalue weighted by Crippen LogP contribution is 2.28. The van der Waals surface area contributed by atoms with Crippen molar-refractivity contribution in [2.75, 3.05) is 5.32 Å². The smallest absolute Gasteiger partial charge is 0.159 e. The Morgan fingerprint density at radius 2 is 1.84 bits per heavy atom. The molecule has 0 spiro atoms. The van der Waals surface area contributed by atoms with Crippen LogP contribution in [0.4, 0.5) is 14.5 Å². The van der Waals surface area contributed by atoms with E-state index in [2.05, 4.69) is 5.32 Å². The third-order valence-corrected chi connectivity index (χ3v) is 3.08. The second-order valence-electron chi connectivity index (χ2n) is 4.21. The van der Waals surface area contributed by atoms with E-state index in [0.717, 1.165) is 12.1 Å². The van der Waals surface area contributed by atoms with E-state index in [4.69, 9.17) is 11.6 Å². The van der Waals surface area contributed by atoms with Crippen LogP contribution in [0.25, 0.3) is 0 Å². The number of anilines is 1. The Labute approximate surface area is 114 Å². The van der Waals surface area contributed by atoms with E-state index in [1.54, 1.807) is 12.1 Å². The molecule has 2 aromatic rings. The molecule has 1 unspecified atom stereocenters. The maximum Gasteiger partial charge on any atom is 0.159 e. The normalized spacial score (nSPS) is 12.2. The van der Waals surface area contributed by atoms with E-state index in [0.29, 0.717) is 11.3 Å². The van der Waals surface area contributed by atoms with Crippen LogP contribution in [0.5, 0.6) is 5.75 Å². The molecule has 0 fully saturated rings. The van der Waals surface area contributed by atoms with Crippen molar-refractivity contribution in [2.24, 2.45) is 0 Å². The largest absolute Gasteiger partial charge is 0.506 e. The molecule has 0 bridgehead atoms. The maximum atomic E-state index is 13.1. The molecule has 19 heavy (non-hydrogen) atoms. The summed E-state index contributed by atoms with van der Waals surface area (Å²) in [6.45, 7) is 1.81. The second-order valence-corrected chi connectivity index (χ2v) is 4.61. The number of rotatable bonds is 3. The van der Waals surface area contributed by atoms with E-state index >= 15 is 0 Å². The minimum atomic E-state index is -0.880. The van der Waals surface area contributed by atoms with Gasteiger partial charge in [0, 0.05) is 11.7 Å². The average molecular weight is 284 g/mol. The first-order chi connectivity index (χ1) is 8.97. The summed E-state index contributed by atoms with van der Waals surface area (Å²) >= 11 is 5.79. The van der Waals surface area contributed by atoms with Crippen molar-refractivity contribution in [3.63, 3.8) is 0 Å². The molecule has 0 heterocycles. The molecule has 1 atom stereocenters. The van der Waals surface area contributed by atoms with Gasteiger partial charge >= 0.3 is 0 Å². The summed E-state index contributed by atoms with van der Waals surface area (Å²) < 4.78 is 26.0. The Bertz CT molecular complexity index is 604. The zero-order valence-corrected chi connectivity index (χ0v) is 10.9. The van der Waals surface area contributed by atoms with Crippen molar-refractivity contribution < 1.29 is 13.9 Å². The maximum absolute atomic E-state index is 13.1. The number of phenols is 1. The fraction of sp³-hybridized carbons (Fsp3) is 0.143. The van der Waals surface area contributed by atoms with Gasteiger partial charge < -0.3 is 10.4 Å². The molecule has 2 rings (SSSR count). The average Bonchev–Trinajstić information content (AvgIpc) is 2.37. The van der Waals surface area contributed by atoms with Crippen LogP contribution in [0.3, 0.4) is 0 Å². The van der Waals surface area contributed by atoms with Crippen LogP contribution >= 0.6 is 11.6 Å².